The fourth-order valence-corrected chi connectivity index (χ4v) is 3.89. The van der Waals surface area contributed by atoms with E-state index in [-0.39, 0.29) is 12.6 Å². The summed E-state index contributed by atoms with van der Waals surface area (Å²) in [5.74, 6) is 2.03. The molecule has 0 saturated heterocycles. The van der Waals surface area contributed by atoms with Crippen LogP contribution in [-0.2, 0) is 22.6 Å². The summed E-state index contributed by atoms with van der Waals surface area (Å²) in [5, 5.41) is 1.63. The maximum atomic E-state index is 11.0. The Balaban J connectivity index is 1.38. The van der Waals surface area contributed by atoms with Crippen molar-refractivity contribution in [3.63, 3.8) is 0 Å². The molecule has 0 spiro atoms. The first-order valence-electron chi connectivity index (χ1n) is 12.1. The molecule has 36 heavy (non-hydrogen) atoms. The summed E-state index contributed by atoms with van der Waals surface area (Å²) >= 11 is 0. The van der Waals surface area contributed by atoms with Crippen LogP contribution in [0.25, 0.3) is 22.6 Å². The van der Waals surface area contributed by atoms with Gasteiger partial charge in [-0.3, -0.25) is 4.84 Å². The molecule has 0 atom stereocenters. The molecule has 0 saturated carbocycles. The average molecular weight is 484 g/mol. The molecule has 0 aliphatic carbocycles. The number of hydroxylamine groups is 2. The lowest BCUT2D eigenvalue weighted by Gasteiger charge is -2.22. The molecule has 0 aliphatic rings. The minimum atomic E-state index is -0.0132. The van der Waals surface area contributed by atoms with Crippen molar-refractivity contribution in [3.05, 3.63) is 95.9 Å². The van der Waals surface area contributed by atoms with Gasteiger partial charge in [0.15, 0.2) is 0 Å². The lowest BCUT2D eigenvalue weighted by atomic mass is 10.0. The maximum Gasteiger partial charge on any atom is 0.226 e. The maximum absolute atomic E-state index is 11.0. The van der Waals surface area contributed by atoms with Crippen LogP contribution in [0.2, 0.25) is 0 Å². The smallest absolute Gasteiger partial charge is 0.226 e. The largest absolute Gasteiger partial charge is 0.493 e. The van der Waals surface area contributed by atoms with Crippen molar-refractivity contribution in [1.82, 2.24) is 10.0 Å². The average Bonchev–Trinajstić information content (AvgIpc) is 3.25. The second-order valence-electron chi connectivity index (χ2n) is 8.75. The normalized spacial score (nSPS) is 11.2. The molecule has 0 aliphatic heterocycles. The van der Waals surface area contributed by atoms with Crippen molar-refractivity contribution in [2.24, 2.45) is 0 Å². The Hall–Kier alpha value is -3.74. The predicted octanol–water partition coefficient (Wildman–Crippen LogP) is 6.08. The monoisotopic (exact) mass is 483 g/mol. The minimum Gasteiger partial charge on any atom is -0.493 e. The zero-order chi connectivity index (χ0) is 25.3. The van der Waals surface area contributed by atoms with Gasteiger partial charge >= 0.3 is 0 Å². The van der Waals surface area contributed by atoms with Gasteiger partial charge in [0.1, 0.15) is 17.8 Å². The number of ether oxygens (including phenoxy) is 1. The lowest BCUT2D eigenvalue weighted by Crippen LogP contribution is -2.28. The Morgan fingerprint density at radius 3 is 2.53 bits per heavy atom. The van der Waals surface area contributed by atoms with Gasteiger partial charge in [-0.25, -0.2) is 4.98 Å². The van der Waals surface area contributed by atoms with E-state index >= 15 is 0 Å². The summed E-state index contributed by atoms with van der Waals surface area (Å²) in [6.07, 6.45) is 1.43. The second kappa shape index (κ2) is 12.3. The van der Waals surface area contributed by atoms with Gasteiger partial charge in [-0.2, -0.15) is 5.06 Å². The number of carbonyl (C=O) groups is 1. The van der Waals surface area contributed by atoms with Gasteiger partial charge in [-0.15, -0.1) is 0 Å². The number of aryl methyl sites for hydroxylation is 1. The van der Waals surface area contributed by atoms with Gasteiger partial charge in [-0.1, -0.05) is 54.6 Å². The lowest BCUT2D eigenvalue weighted by molar-refractivity contribution is -0.191. The third-order valence-corrected chi connectivity index (χ3v) is 5.52. The molecule has 1 radical (unpaired) electrons. The fraction of sp³-hybridized carbons (Fsp3) is 0.267. The van der Waals surface area contributed by atoms with Crippen molar-refractivity contribution in [3.8, 4) is 28.3 Å². The van der Waals surface area contributed by atoms with Crippen LogP contribution < -0.4 is 4.74 Å². The number of aldehydes is 1. The molecule has 0 fully saturated rings. The van der Waals surface area contributed by atoms with Crippen LogP contribution in [-0.4, -0.2) is 35.6 Å². The van der Waals surface area contributed by atoms with E-state index in [1.54, 1.807) is 5.06 Å². The van der Waals surface area contributed by atoms with E-state index in [1.165, 1.54) is 0 Å². The first-order chi connectivity index (χ1) is 17.5. The van der Waals surface area contributed by atoms with Gasteiger partial charge < -0.3 is 13.9 Å². The molecule has 185 valence electrons. The molecule has 3 aromatic carbocycles. The van der Waals surface area contributed by atoms with Crippen LogP contribution >= 0.6 is 0 Å². The van der Waals surface area contributed by atoms with Crippen molar-refractivity contribution >= 4 is 6.29 Å². The molecule has 1 aromatic heterocycles. The molecule has 0 bridgehead atoms. The van der Waals surface area contributed by atoms with Gasteiger partial charge in [0.05, 0.1) is 31.5 Å². The van der Waals surface area contributed by atoms with Crippen LogP contribution in [0.15, 0.2) is 77.2 Å². The minimum absolute atomic E-state index is 0.0132. The number of hydrogen-bond acceptors (Lipinski definition) is 6. The van der Waals surface area contributed by atoms with Crippen molar-refractivity contribution < 1.29 is 18.8 Å². The number of aromatic nitrogens is 1. The Kier molecular flexibility index (Phi) is 8.66. The zero-order valence-electron chi connectivity index (χ0n) is 20.9. The Morgan fingerprint density at radius 2 is 1.75 bits per heavy atom. The SMILES string of the molecule is Cc1oc(-c2cccc(-c3ccccc3)c2)nc1CCOc1[c]c(CN(CC=O)OC(C)C)ccc1. The van der Waals surface area contributed by atoms with Crippen LogP contribution in [0.1, 0.15) is 30.9 Å². The van der Waals surface area contributed by atoms with E-state index in [4.69, 9.17) is 19.0 Å². The highest BCUT2D eigenvalue weighted by Gasteiger charge is 2.13. The number of oxazole rings is 1. The zero-order valence-corrected chi connectivity index (χ0v) is 20.9. The quantitative estimate of drug-likeness (QED) is 0.180. The van der Waals surface area contributed by atoms with Crippen LogP contribution in [0.4, 0.5) is 0 Å². The second-order valence-corrected chi connectivity index (χ2v) is 8.75. The number of hydrogen-bond donors (Lipinski definition) is 0. The van der Waals surface area contributed by atoms with Crippen molar-refractivity contribution in [1.29, 1.82) is 0 Å². The Labute approximate surface area is 212 Å². The van der Waals surface area contributed by atoms with E-state index in [0.29, 0.717) is 31.2 Å². The molecular weight excluding hydrogens is 452 g/mol. The van der Waals surface area contributed by atoms with E-state index in [2.05, 4.69) is 30.3 Å². The van der Waals surface area contributed by atoms with Crippen LogP contribution in [0.5, 0.6) is 5.75 Å². The van der Waals surface area contributed by atoms with Gasteiger partial charge in [0.2, 0.25) is 5.89 Å². The topological polar surface area (TPSA) is 64.8 Å². The van der Waals surface area contributed by atoms with Gasteiger partial charge in [-0.05, 0) is 55.7 Å². The number of rotatable bonds is 12. The third kappa shape index (κ3) is 6.90. The van der Waals surface area contributed by atoms with Gasteiger partial charge in [0.25, 0.3) is 0 Å². The van der Waals surface area contributed by atoms with Gasteiger partial charge in [0, 0.05) is 18.1 Å². The molecule has 6 heteroatoms. The molecule has 0 N–H and O–H groups in total. The highest BCUT2D eigenvalue weighted by atomic mass is 16.7. The fourth-order valence-electron chi connectivity index (χ4n) is 3.89. The highest BCUT2D eigenvalue weighted by molar-refractivity contribution is 5.69. The molecule has 1 heterocycles. The van der Waals surface area contributed by atoms with Crippen molar-refractivity contribution in [2.75, 3.05) is 13.2 Å². The predicted molar refractivity (Wildman–Crippen MR) is 139 cm³/mol. The van der Waals surface area contributed by atoms with E-state index < -0.39 is 0 Å². The molecule has 0 amide bonds. The first-order valence-corrected chi connectivity index (χ1v) is 12.1. The van der Waals surface area contributed by atoms with E-state index in [9.17, 15) is 4.79 Å². The summed E-state index contributed by atoms with van der Waals surface area (Å²) < 4.78 is 11.9. The molecule has 4 aromatic rings. The molecule has 4 rings (SSSR count). The third-order valence-electron chi connectivity index (χ3n) is 5.52. The molecular formula is C30H31N2O4. The summed E-state index contributed by atoms with van der Waals surface area (Å²) in [6, 6.07) is 27.4. The van der Waals surface area contributed by atoms with Crippen molar-refractivity contribution in [2.45, 2.75) is 39.8 Å². The first kappa shape index (κ1) is 25.4. The standard InChI is InChI=1S/C30H31N2O4/c1-22(2)36-32(16-17-33)21-24-9-7-14-28(19-24)34-18-15-29-23(3)35-30(31-29)27-13-8-12-26(20-27)25-10-5-4-6-11-25/h4-14,17,20,22H,15-16,18,21H2,1-3H3. The van der Waals surface area contributed by atoms with E-state index in [1.807, 2.05) is 69.3 Å². The highest BCUT2D eigenvalue weighted by Crippen LogP contribution is 2.27. The Morgan fingerprint density at radius 1 is 1.00 bits per heavy atom. The van der Waals surface area contributed by atoms with Crippen LogP contribution in [0.3, 0.4) is 0 Å². The number of benzene rings is 3. The number of carbonyl (C=O) groups excluding carboxylic acids is 1. The molecule has 6 nitrogen and oxygen atoms in total. The summed E-state index contributed by atoms with van der Waals surface area (Å²) in [4.78, 5) is 21.4. The summed E-state index contributed by atoms with van der Waals surface area (Å²) in [6.45, 7) is 6.87. The van der Waals surface area contributed by atoms with E-state index in [0.717, 1.165) is 40.0 Å². The molecule has 0 unspecified atom stereocenters. The summed E-state index contributed by atoms with van der Waals surface area (Å²) in [5.41, 5.74) is 4.97. The summed E-state index contributed by atoms with van der Waals surface area (Å²) in [7, 11) is 0. The number of nitrogens with zero attached hydrogens (tertiary/aromatic N) is 2. The van der Waals surface area contributed by atoms with Crippen LogP contribution in [0, 0.1) is 13.0 Å². The Bertz CT molecular complexity index is 1270.